The molecule has 7 aliphatic carbocycles. The Labute approximate surface area is 309 Å². The van der Waals surface area contributed by atoms with Crippen molar-refractivity contribution >= 4 is 15.8 Å². The molecule has 0 bridgehead atoms. The van der Waals surface area contributed by atoms with Crippen LogP contribution in [0.1, 0.15) is 119 Å². The van der Waals surface area contributed by atoms with Crippen molar-refractivity contribution in [2.24, 2.45) is 69.0 Å². The molecule has 0 aromatic heterocycles. The Hall–Kier alpha value is -1.44. The van der Waals surface area contributed by atoms with E-state index in [0.717, 1.165) is 51.9 Å². The van der Waals surface area contributed by atoms with Gasteiger partial charge >= 0.3 is 5.97 Å². The van der Waals surface area contributed by atoms with Crippen molar-refractivity contribution in [3.8, 4) is 0 Å². The van der Waals surface area contributed by atoms with Gasteiger partial charge in [-0.05, 0) is 171 Å². The van der Waals surface area contributed by atoms with E-state index in [9.17, 15) is 18.3 Å². The molecule has 6 fully saturated rings. The summed E-state index contributed by atoms with van der Waals surface area (Å²) >= 11 is 0. The number of nitrogens with zero attached hydrogens (tertiary/aromatic N) is 1. The van der Waals surface area contributed by atoms with E-state index in [0.29, 0.717) is 46.3 Å². The quantitative estimate of drug-likeness (QED) is 0.246. The van der Waals surface area contributed by atoms with Gasteiger partial charge in [0.15, 0.2) is 0 Å². The monoisotopic (exact) mass is 720 g/mol. The topological polar surface area (TPSA) is 86.7 Å². The number of aliphatic carboxylic acids is 1. The molecule has 5 saturated carbocycles. The Balaban J connectivity index is 1.01. The minimum atomic E-state index is -2.94. The van der Waals surface area contributed by atoms with Gasteiger partial charge in [0.1, 0.15) is 9.84 Å². The molecule has 284 valence electrons. The lowest BCUT2D eigenvalue weighted by Gasteiger charge is -2.72. The zero-order valence-corrected chi connectivity index (χ0v) is 33.7. The van der Waals surface area contributed by atoms with Crippen LogP contribution >= 0.6 is 0 Å². The third-order valence-corrected chi connectivity index (χ3v) is 20.1. The minimum absolute atomic E-state index is 0.107. The normalized spacial score (nSPS) is 47.6. The van der Waals surface area contributed by atoms with E-state index in [-0.39, 0.29) is 33.5 Å². The number of carboxylic acid groups (broad SMARTS) is 1. The van der Waals surface area contributed by atoms with Crippen molar-refractivity contribution in [1.82, 2.24) is 10.2 Å². The van der Waals surface area contributed by atoms with Crippen molar-refractivity contribution in [3.05, 3.63) is 35.5 Å². The van der Waals surface area contributed by atoms with Gasteiger partial charge in [-0.25, -0.2) is 8.42 Å². The smallest absolute Gasteiger partial charge is 0.307 e. The highest BCUT2D eigenvalue weighted by Crippen LogP contribution is 2.77. The molecule has 0 aromatic carbocycles. The summed E-state index contributed by atoms with van der Waals surface area (Å²) in [6.07, 6.45) is 20.4. The molecular weight excluding hydrogens is 653 g/mol. The van der Waals surface area contributed by atoms with Gasteiger partial charge in [0, 0.05) is 24.9 Å². The number of carboxylic acids is 1. The molecule has 7 heteroatoms. The summed E-state index contributed by atoms with van der Waals surface area (Å²) < 4.78 is 24.3. The van der Waals surface area contributed by atoms with Gasteiger partial charge in [0.05, 0.1) is 11.2 Å². The van der Waals surface area contributed by atoms with Crippen molar-refractivity contribution in [1.29, 1.82) is 0 Å². The van der Waals surface area contributed by atoms with E-state index < -0.39 is 15.8 Å². The molecule has 2 N–H and O–H groups in total. The van der Waals surface area contributed by atoms with Gasteiger partial charge in [0.25, 0.3) is 0 Å². The summed E-state index contributed by atoms with van der Waals surface area (Å²) in [4.78, 5) is 14.2. The lowest BCUT2D eigenvalue weighted by atomic mass is 9.33. The third-order valence-electron chi connectivity index (χ3n) is 18.4. The van der Waals surface area contributed by atoms with Crippen LogP contribution in [0.3, 0.4) is 0 Å². The van der Waals surface area contributed by atoms with Crippen molar-refractivity contribution < 1.29 is 18.3 Å². The van der Waals surface area contributed by atoms with Crippen molar-refractivity contribution in [3.63, 3.8) is 0 Å². The first-order valence-electron chi connectivity index (χ1n) is 20.8. The molecule has 1 aliphatic heterocycles. The van der Waals surface area contributed by atoms with Gasteiger partial charge in [-0.1, -0.05) is 58.9 Å². The number of fused-ring (bicyclic) bond motifs is 8. The maximum atomic E-state index is 12.1. The number of nitrogens with one attached hydrogen (secondary N) is 1. The summed E-state index contributed by atoms with van der Waals surface area (Å²) in [7, 11) is -2.94. The van der Waals surface area contributed by atoms with Crippen molar-refractivity contribution in [2.45, 2.75) is 129 Å². The highest BCUT2D eigenvalue weighted by molar-refractivity contribution is 7.91. The average Bonchev–Trinajstić information content (AvgIpc) is 3.35. The Morgan fingerprint density at radius 2 is 1.69 bits per heavy atom. The van der Waals surface area contributed by atoms with Gasteiger partial charge < -0.3 is 15.3 Å². The van der Waals surface area contributed by atoms with Gasteiger partial charge in [-0.3, -0.25) is 4.79 Å². The van der Waals surface area contributed by atoms with Crippen LogP contribution in [0.15, 0.2) is 35.5 Å². The van der Waals surface area contributed by atoms with Gasteiger partial charge in [-0.15, -0.1) is 0 Å². The van der Waals surface area contributed by atoms with E-state index in [2.05, 4.69) is 70.5 Å². The number of allylic oxidation sites excluding steroid dienone is 5. The summed E-state index contributed by atoms with van der Waals surface area (Å²) in [5.41, 5.74) is 5.59. The van der Waals surface area contributed by atoms with E-state index in [4.69, 9.17) is 0 Å². The standard InChI is InChI=1S/C44H68N2O4S/c1-27(2)30-11-18-44(45-21-24-46-22-14-29(15-23-46)51(8,49)50)20-19-42(6)34(38(30)44)9-10-36-41(5)16-12-33(28-25-31-32(26-28)37(31)39(47)48)40(3,4)35(41)13-17-43(36,42)7/h12,25,29-32,34-38,45H,1,9-11,13-24,26H2,2-8H3,(H,47,48)/t30-,31?,32?,34+,35-,36+,37?,38+,41-,42+,43+,44-/m0/s1. The average molecular weight is 721 g/mol. The number of carbonyl (C=O) groups is 1. The van der Waals surface area contributed by atoms with E-state index in [1.165, 1.54) is 68.8 Å². The first kappa shape index (κ1) is 36.5. The molecule has 0 spiro atoms. The molecule has 51 heavy (non-hydrogen) atoms. The predicted octanol–water partition coefficient (Wildman–Crippen LogP) is 8.31. The summed E-state index contributed by atoms with van der Waals surface area (Å²) in [5.74, 6) is 3.14. The Morgan fingerprint density at radius 1 is 0.961 bits per heavy atom. The van der Waals surface area contributed by atoms with Gasteiger partial charge in [0.2, 0.25) is 0 Å². The second-order valence-corrected chi connectivity index (χ2v) is 23.0. The van der Waals surface area contributed by atoms with Crippen LogP contribution in [-0.4, -0.2) is 67.6 Å². The van der Waals surface area contributed by atoms with E-state index >= 15 is 0 Å². The number of rotatable bonds is 8. The molecule has 0 amide bonds. The zero-order chi connectivity index (χ0) is 36.5. The molecule has 3 unspecified atom stereocenters. The number of hydrogen-bond donors (Lipinski definition) is 2. The van der Waals surface area contributed by atoms with Crippen LogP contribution in [0.5, 0.6) is 0 Å². The van der Waals surface area contributed by atoms with Crippen LogP contribution in [0, 0.1) is 69.0 Å². The van der Waals surface area contributed by atoms with Crippen LogP contribution in [0.2, 0.25) is 0 Å². The molecule has 0 radical (unpaired) electrons. The SMILES string of the molecule is C=C(C)[C@@H]1CC[C@]2(NCCN3CCC(S(C)(=O)=O)CC3)CC[C@]3(C)[C@H](CC[C@@H]4[C@@]5(C)CC=C(C6=CC7C(C6)C7C(=O)O)C(C)(C)[C@@H]5CC[C@]43C)[C@@H]12. The highest BCUT2D eigenvalue weighted by atomic mass is 32.2. The van der Waals surface area contributed by atoms with Gasteiger partial charge in [-0.2, -0.15) is 0 Å². The highest BCUT2D eigenvalue weighted by Gasteiger charge is 2.70. The molecule has 1 heterocycles. The number of hydrogen-bond acceptors (Lipinski definition) is 5. The number of sulfone groups is 1. The Morgan fingerprint density at radius 3 is 2.31 bits per heavy atom. The Bertz CT molecular complexity index is 1640. The largest absolute Gasteiger partial charge is 0.481 e. The predicted molar refractivity (Wildman–Crippen MR) is 206 cm³/mol. The molecule has 12 atom stereocenters. The molecule has 0 aromatic rings. The van der Waals surface area contributed by atoms with Crippen LogP contribution < -0.4 is 5.32 Å². The minimum Gasteiger partial charge on any atom is -0.481 e. The fourth-order valence-corrected chi connectivity index (χ4v) is 16.7. The zero-order valence-electron chi connectivity index (χ0n) is 32.9. The first-order valence-corrected chi connectivity index (χ1v) is 22.8. The van der Waals surface area contributed by atoms with Crippen LogP contribution in [-0.2, 0) is 14.6 Å². The van der Waals surface area contributed by atoms with Crippen LogP contribution in [0.4, 0.5) is 0 Å². The number of likely N-dealkylation sites (tertiary alicyclic amines) is 1. The molecule has 6 nitrogen and oxygen atoms in total. The summed E-state index contributed by atoms with van der Waals surface area (Å²) in [6, 6.07) is 0. The molecule has 8 rings (SSSR count). The maximum Gasteiger partial charge on any atom is 0.307 e. The summed E-state index contributed by atoms with van der Waals surface area (Å²) in [6.45, 7) is 23.9. The lowest BCUT2D eigenvalue weighted by molar-refractivity contribution is -0.221. The molecule has 1 saturated heterocycles. The number of piperidine rings is 1. The van der Waals surface area contributed by atoms with Crippen LogP contribution in [0.25, 0.3) is 0 Å². The third kappa shape index (κ3) is 5.33. The second kappa shape index (κ2) is 12.0. The second-order valence-electron chi connectivity index (χ2n) is 20.7. The van der Waals surface area contributed by atoms with E-state index in [1.54, 1.807) is 5.57 Å². The lowest BCUT2D eigenvalue weighted by Crippen LogP contribution is -2.68. The van der Waals surface area contributed by atoms with E-state index in [1.807, 2.05) is 0 Å². The fourth-order valence-electron chi connectivity index (χ4n) is 15.6. The fraction of sp³-hybridized carbons (Fsp3) is 0.841. The summed E-state index contributed by atoms with van der Waals surface area (Å²) in [5, 5.41) is 13.7. The Kier molecular flexibility index (Phi) is 8.62. The van der Waals surface area contributed by atoms with Crippen molar-refractivity contribution in [2.75, 3.05) is 32.4 Å². The first-order chi connectivity index (χ1) is 23.9. The molecular formula is C44H68N2O4S. The maximum absolute atomic E-state index is 12.1. The molecule has 8 aliphatic rings.